The van der Waals surface area contributed by atoms with Gasteiger partial charge in [0.05, 0.1) is 172 Å². The Hall–Kier alpha value is -15.2. The topological polar surface area (TPSA) is 313 Å². The van der Waals surface area contributed by atoms with E-state index in [0.717, 1.165) is 186 Å². The van der Waals surface area contributed by atoms with Crippen LogP contribution in [-0.4, -0.2) is 217 Å². The number of aromatic nitrogens is 15. The number of nitrogens with one attached hydrogen (secondary N) is 6. The van der Waals surface area contributed by atoms with Crippen LogP contribution in [0.4, 0.5) is 37.2 Å². The van der Waals surface area contributed by atoms with Crippen LogP contribution in [0, 0.1) is 11.6 Å². The summed E-state index contributed by atoms with van der Waals surface area (Å²) in [6.07, 6.45) is 8.00. The van der Waals surface area contributed by atoms with Crippen molar-refractivity contribution in [1.29, 1.82) is 0 Å². The minimum absolute atomic E-state index is 0.0858. The average Bonchev–Trinajstić information content (AvgIpc) is 1.57. The number of fused-ring (bicyclic) bond motifs is 15. The van der Waals surface area contributed by atoms with Crippen molar-refractivity contribution in [3.63, 3.8) is 0 Å². The van der Waals surface area contributed by atoms with E-state index in [1.807, 2.05) is 161 Å². The van der Waals surface area contributed by atoms with Gasteiger partial charge in [-0.1, -0.05) is 96.0 Å². The fourth-order valence-corrected chi connectivity index (χ4v) is 18.5. The molecular weight excluding hydrogens is 1760 g/mol. The number of halogens is 4. The molecule has 0 unspecified atom stereocenters. The number of likely N-dealkylation sites (N-methyl/N-ethyl adjacent to an activating group) is 1. The standard InChI is InChI=1S/C21H20ClN5O.C20H17ClN4O2.C20H18FN5O.C20H17FN4O2.C20H18N4O2/c1-25-8-10-26(11-9-25)16-6-7-17-19(12-16)23-13-18-20(17)24-27(21(18)28)15-4-2-14(22)3-5-15;21-16-11-17-14(10-18(16)24-6-8-27-9-7-24)19-15(12-22-17)20(26)25(23-19)13-4-2-1-3-5-13;21-16-10-14-17(11-18(16)25-8-6-22-7-9-25)23-12-15-19(14)24-26(20(15)27)13-4-2-1-3-5-13;21-16-11-17-14(10-18(16)24-6-8-27-9-7-24)19-15(12-22-17)20(26)25(23-19)13-4-2-1-3-5-13;25-20-17-13-21-18-7-6-15(23-8-10-26-11-9-23)12-16(18)19(17)22-24(20)14-4-2-1-3-5-14/h2-7,12-13,24H,8-11H2,1H3;1-5,10-12,23H,6-9H2;1-5,10-12,22,24H,6-9H2;1-5,10-12,23H,6-9H2;1-7,12-13,22H,8-11H2. The van der Waals surface area contributed by atoms with E-state index < -0.39 is 0 Å². The van der Waals surface area contributed by atoms with Gasteiger partial charge < -0.3 is 48.9 Å². The van der Waals surface area contributed by atoms with Crippen molar-refractivity contribution in [2.45, 2.75) is 0 Å². The molecule has 0 aliphatic carbocycles. The van der Waals surface area contributed by atoms with Crippen LogP contribution in [0.5, 0.6) is 0 Å². The van der Waals surface area contributed by atoms with Gasteiger partial charge in [0.1, 0.15) is 11.6 Å². The predicted octanol–water partition coefficient (Wildman–Crippen LogP) is 14.6. The lowest BCUT2D eigenvalue weighted by Crippen LogP contribution is -2.44. The molecular formula is C101H90Cl2F2N22O8. The summed E-state index contributed by atoms with van der Waals surface area (Å²) >= 11 is 12.5. The summed E-state index contributed by atoms with van der Waals surface area (Å²) in [5.41, 5.74) is 14.7. The molecule has 15 heterocycles. The Kier molecular flexibility index (Phi) is 24.0. The summed E-state index contributed by atoms with van der Waals surface area (Å²) in [4.78, 5) is 99.6. The number of hydrogen-bond donors (Lipinski definition) is 6. The molecule has 5 saturated heterocycles. The molecule has 135 heavy (non-hydrogen) atoms. The van der Waals surface area contributed by atoms with Gasteiger partial charge >= 0.3 is 0 Å². The zero-order valence-electron chi connectivity index (χ0n) is 73.2. The molecule has 20 aromatic rings. The van der Waals surface area contributed by atoms with Crippen molar-refractivity contribution in [1.82, 2.24) is 84.0 Å². The highest BCUT2D eigenvalue weighted by atomic mass is 35.5. The Balaban J connectivity index is 0.000000101. The highest BCUT2D eigenvalue weighted by Gasteiger charge is 2.26. The number of aromatic amines is 5. The number of ether oxygens (including phenoxy) is 3. The van der Waals surface area contributed by atoms with Gasteiger partial charge in [-0.3, -0.25) is 74.4 Å². The molecule has 30 nitrogen and oxygen atoms in total. The van der Waals surface area contributed by atoms with E-state index in [0.29, 0.717) is 115 Å². The maximum Gasteiger partial charge on any atom is 0.280 e. The SMILES string of the molecule is CN1CCN(c2ccc3c(c2)ncc2c(=O)n(-c4ccc(Cl)cc4)[nH]c23)CC1.O=c1c2cnc3cc(Cl)c(N4CCOCC4)cc3c2[nH]n1-c1ccccc1.O=c1c2cnc3cc(F)c(N4CCOCC4)cc3c2[nH]n1-c1ccccc1.O=c1c2cnc3cc(N4CCNCC4)c(F)cc3c2[nH]n1-c1ccccc1.O=c1c2cnc3ccc(N4CCOCC4)cc3c2[nH]n1-c1ccccc1. The maximum atomic E-state index is 14.9. The number of anilines is 5. The molecule has 34 heteroatoms. The van der Waals surface area contributed by atoms with Crippen molar-refractivity contribution >= 4 is 161 Å². The van der Waals surface area contributed by atoms with Gasteiger partial charge in [0.15, 0.2) is 0 Å². The smallest absolute Gasteiger partial charge is 0.280 e. The van der Waals surface area contributed by atoms with Gasteiger partial charge in [-0.25, -0.2) is 32.2 Å². The Morgan fingerprint density at radius 1 is 0.281 bits per heavy atom. The average molecular weight is 1850 g/mol. The Labute approximate surface area is 777 Å². The number of pyridine rings is 5. The molecule has 0 spiro atoms. The number of benzene rings is 10. The maximum absolute atomic E-state index is 14.9. The molecule has 5 aliphatic rings. The van der Waals surface area contributed by atoms with Crippen molar-refractivity contribution in [3.05, 3.63) is 323 Å². The Morgan fingerprint density at radius 2 is 0.600 bits per heavy atom. The molecule has 5 fully saturated rings. The normalized spacial score (nSPS) is 15.1. The summed E-state index contributed by atoms with van der Waals surface area (Å²) in [6.45, 7) is 15.9. The summed E-state index contributed by atoms with van der Waals surface area (Å²) in [5.74, 6) is -0.618. The third kappa shape index (κ3) is 17.1. The molecule has 0 saturated carbocycles. The second kappa shape index (κ2) is 37.5. The zero-order chi connectivity index (χ0) is 91.9. The third-order valence-corrected chi connectivity index (χ3v) is 25.9. The van der Waals surface area contributed by atoms with Crippen LogP contribution in [-0.2, 0) is 14.2 Å². The van der Waals surface area contributed by atoms with Crippen LogP contribution >= 0.6 is 23.2 Å². The third-order valence-electron chi connectivity index (χ3n) is 25.3. The number of rotatable bonds is 10. The Bertz CT molecular complexity index is 7970. The van der Waals surface area contributed by atoms with Gasteiger partial charge in [-0.2, -0.15) is 0 Å². The lowest BCUT2D eigenvalue weighted by atomic mass is 10.1. The number of H-pyrrole nitrogens is 5. The van der Waals surface area contributed by atoms with Gasteiger partial charge in [0.25, 0.3) is 27.8 Å². The number of hydrogen-bond acceptors (Lipinski definition) is 20. The van der Waals surface area contributed by atoms with Gasteiger partial charge in [0, 0.05) is 172 Å². The quantitative estimate of drug-likeness (QED) is 0.0741. The first kappa shape index (κ1) is 86.5. The van der Waals surface area contributed by atoms with Gasteiger partial charge in [0.2, 0.25) is 0 Å². The molecule has 5 aliphatic heterocycles. The minimum Gasteiger partial charge on any atom is -0.378 e. The summed E-state index contributed by atoms with van der Waals surface area (Å²) < 4.78 is 53.4. The van der Waals surface area contributed by atoms with Crippen molar-refractivity contribution in [2.24, 2.45) is 0 Å². The number of morpholine rings is 3. The first-order valence-electron chi connectivity index (χ1n) is 44.7. The second-order valence-corrected chi connectivity index (χ2v) is 34.3. The first-order valence-corrected chi connectivity index (χ1v) is 45.4. The molecule has 680 valence electrons. The monoisotopic (exact) mass is 1850 g/mol. The second-order valence-electron chi connectivity index (χ2n) is 33.5. The van der Waals surface area contributed by atoms with E-state index in [1.165, 1.54) is 38.1 Å². The van der Waals surface area contributed by atoms with E-state index in [9.17, 15) is 32.8 Å². The first-order chi connectivity index (χ1) is 66.1. The van der Waals surface area contributed by atoms with E-state index in [1.54, 1.807) is 58.4 Å². The van der Waals surface area contributed by atoms with Crippen LogP contribution in [0.1, 0.15) is 0 Å². The van der Waals surface area contributed by atoms with Crippen LogP contribution in [0.15, 0.2) is 273 Å². The fourth-order valence-electron chi connectivity index (χ4n) is 18.1. The highest BCUT2D eigenvalue weighted by molar-refractivity contribution is 6.34. The molecule has 25 rings (SSSR count). The van der Waals surface area contributed by atoms with E-state index in [4.69, 9.17) is 37.4 Å². The van der Waals surface area contributed by atoms with Crippen molar-refractivity contribution in [3.8, 4) is 28.4 Å². The van der Waals surface area contributed by atoms with E-state index in [2.05, 4.69) is 113 Å². The minimum atomic E-state index is -0.318. The lowest BCUT2D eigenvalue weighted by molar-refractivity contribution is 0.122. The van der Waals surface area contributed by atoms with E-state index >= 15 is 0 Å². The van der Waals surface area contributed by atoms with Crippen LogP contribution < -0.4 is 57.6 Å². The predicted molar refractivity (Wildman–Crippen MR) is 530 cm³/mol. The summed E-state index contributed by atoms with van der Waals surface area (Å²) in [6, 6.07) is 67.7. The van der Waals surface area contributed by atoms with Gasteiger partial charge in [-0.15, -0.1) is 0 Å². The molecule has 0 bridgehead atoms. The zero-order valence-corrected chi connectivity index (χ0v) is 74.8. The lowest BCUT2D eigenvalue weighted by Gasteiger charge is -2.34. The van der Waals surface area contributed by atoms with Crippen LogP contribution in [0.2, 0.25) is 10.0 Å². The highest BCUT2D eigenvalue weighted by Crippen LogP contribution is 2.37. The van der Waals surface area contributed by atoms with Crippen LogP contribution in [0.25, 0.3) is 137 Å². The van der Waals surface area contributed by atoms with Crippen LogP contribution in [0.3, 0.4) is 0 Å². The number of para-hydroxylation sites is 4. The summed E-state index contributed by atoms with van der Waals surface area (Å²) in [5, 5.41) is 27.4. The number of piperazine rings is 2. The Morgan fingerprint density at radius 3 is 1.05 bits per heavy atom. The summed E-state index contributed by atoms with van der Waals surface area (Å²) in [7, 11) is 2.15. The molecule has 0 atom stereocenters. The van der Waals surface area contributed by atoms with Crippen molar-refractivity contribution in [2.75, 3.05) is 163 Å². The fraction of sp³-hybridized carbons (Fsp3) is 0.208. The molecule has 0 radical (unpaired) electrons. The van der Waals surface area contributed by atoms with Gasteiger partial charge in [-0.05, 0) is 147 Å². The molecule has 10 aromatic heterocycles. The van der Waals surface area contributed by atoms with Crippen molar-refractivity contribution < 1.29 is 23.0 Å². The molecule has 10 aromatic carbocycles. The number of nitrogens with zero attached hydrogens (tertiary/aromatic N) is 16. The largest absolute Gasteiger partial charge is 0.378 e. The van der Waals surface area contributed by atoms with E-state index in [-0.39, 0.29) is 39.4 Å². The molecule has 0 amide bonds. The molecule has 6 N–H and O–H groups in total.